The molecule has 0 aliphatic rings. The summed E-state index contributed by atoms with van der Waals surface area (Å²) in [5.74, 6) is 1.06. The van der Waals surface area contributed by atoms with Crippen molar-refractivity contribution in [3.05, 3.63) is 108 Å². The summed E-state index contributed by atoms with van der Waals surface area (Å²) >= 11 is 0. The number of hydrogen-bond acceptors (Lipinski definition) is 4. The molecule has 144 valence electrons. The highest BCUT2D eigenvalue weighted by Gasteiger charge is 2.18. The number of carbonyl (C=O) groups excluding carboxylic acids is 1. The van der Waals surface area contributed by atoms with E-state index in [1.165, 1.54) is 0 Å². The topological polar surface area (TPSA) is 59.2 Å². The molecule has 0 atom stereocenters. The summed E-state index contributed by atoms with van der Waals surface area (Å²) in [7, 11) is 0. The molecular formula is C24H21N3O2. The summed E-state index contributed by atoms with van der Waals surface area (Å²) in [6.07, 6.45) is 0.491. The third kappa shape index (κ3) is 4.76. The Morgan fingerprint density at radius 1 is 0.828 bits per heavy atom. The molecule has 0 N–H and O–H groups in total. The van der Waals surface area contributed by atoms with Gasteiger partial charge in [0.15, 0.2) is 0 Å². The van der Waals surface area contributed by atoms with Crippen LogP contribution in [0.2, 0.25) is 0 Å². The molecule has 0 bridgehead atoms. The van der Waals surface area contributed by atoms with Crippen LogP contribution in [0.4, 0.5) is 0 Å². The first-order valence-electron chi connectivity index (χ1n) is 9.56. The van der Waals surface area contributed by atoms with Gasteiger partial charge in [0.05, 0.1) is 0 Å². The Bertz CT molecular complexity index is 1050. The van der Waals surface area contributed by atoms with E-state index in [4.69, 9.17) is 4.52 Å². The van der Waals surface area contributed by atoms with Gasteiger partial charge in [-0.05, 0) is 17.7 Å². The molecule has 0 saturated heterocycles. The van der Waals surface area contributed by atoms with Gasteiger partial charge in [-0.15, -0.1) is 0 Å². The summed E-state index contributed by atoms with van der Waals surface area (Å²) in [5, 5.41) is 4.06. The van der Waals surface area contributed by atoms with E-state index < -0.39 is 0 Å². The standard InChI is InChI=1S/C24H21N3O2/c28-24(21-14-8-3-9-15-21)27(18-19-10-4-1-5-11-19)17-16-22-25-23(26-29-22)20-12-6-2-7-13-20/h1-15H,16-18H2. The first kappa shape index (κ1) is 18.6. The van der Waals surface area contributed by atoms with Crippen LogP contribution in [0, 0.1) is 0 Å². The molecule has 29 heavy (non-hydrogen) atoms. The van der Waals surface area contributed by atoms with Crippen molar-refractivity contribution < 1.29 is 9.32 Å². The molecule has 5 heteroatoms. The van der Waals surface area contributed by atoms with Crippen LogP contribution in [0.15, 0.2) is 95.5 Å². The van der Waals surface area contributed by atoms with Gasteiger partial charge in [-0.2, -0.15) is 4.98 Å². The minimum absolute atomic E-state index is 0.0164. The fraction of sp³-hybridized carbons (Fsp3) is 0.125. The van der Waals surface area contributed by atoms with E-state index in [0.717, 1.165) is 11.1 Å². The molecule has 1 aromatic heterocycles. The van der Waals surface area contributed by atoms with Gasteiger partial charge in [0.1, 0.15) is 0 Å². The minimum atomic E-state index is -0.0164. The highest BCUT2D eigenvalue weighted by molar-refractivity contribution is 5.94. The van der Waals surface area contributed by atoms with Gasteiger partial charge < -0.3 is 9.42 Å². The quantitative estimate of drug-likeness (QED) is 0.467. The Labute approximate surface area is 169 Å². The summed E-state index contributed by atoms with van der Waals surface area (Å²) in [6.45, 7) is 1.01. The lowest BCUT2D eigenvalue weighted by Crippen LogP contribution is -2.32. The molecule has 0 radical (unpaired) electrons. The maximum absolute atomic E-state index is 13.1. The largest absolute Gasteiger partial charge is 0.339 e. The zero-order valence-corrected chi connectivity index (χ0v) is 15.9. The summed E-state index contributed by atoms with van der Waals surface area (Å²) in [5.41, 5.74) is 2.65. The lowest BCUT2D eigenvalue weighted by Gasteiger charge is -2.22. The molecule has 3 aromatic carbocycles. The molecule has 1 amide bonds. The molecule has 4 aromatic rings. The predicted octanol–water partition coefficient (Wildman–Crippen LogP) is 4.62. The van der Waals surface area contributed by atoms with Crippen LogP contribution >= 0.6 is 0 Å². The van der Waals surface area contributed by atoms with Crippen LogP contribution in [0.5, 0.6) is 0 Å². The third-order valence-corrected chi connectivity index (χ3v) is 4.62. The maximum atomic E-state index is 13.1. The molecule has 0 unspecified atom stereocenters. The first-order chi connectivity index (χ1) is 14.3. The average Bonchev–Trinajstić information content (AvgIpc) is 3.27. The van der Waals surface area contributed by atoms with E-state index in [-0.39, 0.29) is 5.91 Å². The van der Waals surface area contributed by atoms with Crippen molar-refractivity contribution in [3.63, 3.8) is 0 Å². The number of amides is 1. The Morgan fingerprint density at radius 3 is 2.14 bits per heavy atom. The van der Waals surface area contributed by atoms with Crippen LogP contribution in [-0.4, -0.2) is 27.5 Å². The van der Waals surface area contributed by atoms with E-state index in [1.807, 2.05) is 95.9 Å². The smallest absolute Gasteiger partial charge is 0.254 e. The van der Waals surface area contributed by atoms with E-state index in [1.54, 1.807) is 0 Å². The molecule has 4 rings (SSSR count). The molecule has 5 nitrogen and oxygen atoms in total. The van der Waals surface area contributed by atoms with E-state index in [0.29, 0.717) is 36.8 Å². The van der Waals surface area contributed by atoms with Crippen LogP contribution in [0.1, 0.15) is 21.8 Å². The molecule has 0 fully saturated rings. The number of nitrogens with zero attached hydrogens (tertiary/aromatic N) is 3. The van der Waals surface area contributed by atoms with E-state index >= 15 is 0 Å². The SMILES string of the molecule is O=C(c1ccccc1)N(CCc1nc(-c2ccccc2)no1)Cc1ccccc1. The maximum Gasteiger partial charge on any atom is 0.254 e. The average molecular weight is 383 g/mol. The number of benzene rings is 3. The van der Waals surface area contributed by atoms with Crippen LogP contribution in [0.3, 0.4) is 0 Å². The highest BCUT2D eigenvalue weighted by atomic mass is 16.5. The van der Waals surface area contributed by atoms with Gasteiger partial charge >= 0.3 is 0 Å². The number of rotatable bonds is 7. The van der Waals surface area contributed by atoms with Gasteiger partial charge in [0.2, 0.25) is 11.7 Å². The Balaban J connectivity index is 1.49. The zero-order valence-electron chi connectivity index (χ0n) is 15.9. The van der Waals surface area contributed by atoms with Crippen molar-refractivity contribution in [2.75, 3.05) is 6.54 Å². The summed E-state index contributed by atoms with van der Waals surface area (Å²) in [4.78, 5) is 19.3. The fourth-order valence-electron chi connectivity index (χ4n) is 3.11. The lowest BCUT2D eigenvalue weighted by molar-refractivity contribution is 0.0741. The zero-order chi connectivity index (χ0) is 19.9. The van der Waals surface area contributed by atoms with Gasteiger partial charge in [-0.3, -0.25) is 4.79 Å². The molecular weight excluding hydrogens is 362 g/mol. The van der Waals surface area contributed by atoms with Gasteiger partial charge in [0, 0.05) is 30.6 Å². The summed E-state index contributed by atoms with van der Waals surface area (Å²) < 4.78 is 5.41. The Morgan fingerprint density at radius 2 is 1.45 bits per heavy atom. The molecule has 1 heterocycles. The second-order valence-electron chi connectivity index (χ2n) is 6.71. The van der Waals surface area contributed by atoms with Crippen molar-refractivity contribution in [1.82, 2.24) is 15.0 Å². The van der Waals surface area contributed by atoms with Crippen molar-refractivity contribution in [2.45, 2.75) is 13.0 Å². The summed E-state index contributed by atoms with van der Waals surface area (Å²) in [6, 6.07) is 29.0. The second kappa shape index (κ2) is 8.97. The fourth-order valence-corrected chi connectivity index (χ4v) is 3.11. The Hall–Kier alpha value is -3.73. The normalized spacial score (nSPS) is 10.6. The third-order valence-electron chi connectivity index (χ3n) is 4.62. The molecule has 0 aliphatic heterocycles. The predicted molar refractivity (Wildman–Crippen MR) is 111 cm³/mol. The minimum Gasteiger partial charge on any atom is -0.339 e. The number of hydrogen-bond donors (Lipinski definition) is 0. The monoisotopic (exact) mass is 383 g/mol. The van der Waals surface area contributed by atoms with Crippen molar-refractivity contribution in [2.24, 2.45) is 0 Å². The van der Waals surface area contributed by atoms with Gasteiger partial charge in [-0.25, -0.2) is 0 Å². The van der Waals surface area contributed by atoms with Crippen LogP contribution < -0.4 is 0 Å². The highest BCUT2D eigenvalue weighted by Crippen LogP contribution is 2.16. The molecule has 0 spiro atoms. The van der Waals surface area contributed by atoms with Crippen LogP contribution in [-0.2, 0) is 13.0 Å². The van der Waals surface area contributed by atoms with Crippen molar-refractivity contribution in [3.8, 4) is 11.4 Å². The lowest BCUT2D eigenvalue weighted by atomic mass is 10.1. The molecule has 0 saturated carbocycles. The van der Waals surface area contributed by atoms with Gasteiger partial charge in [0.25, 0.3) is 5.91 Å². The second-order valence-corrected chi connectivity index (χ2v) is 6.71. The first-order valence-corrected chi connectivity index (χ1v) is 9.56. The van der Waals surface area contributed by atoms with E-state index in [9.17, 15) is 4.79 Å². The number of carbonyl (C=O) groups is 1. The van der Waals surface area contributed by atoms with E-state index in [2.05, 4.69) is 10.1 Å². The van der Waals surface area contributed by atoms with Crippen molar-refractivity contribution >= 4 is 5.91 Å². The van der Waals surface area contributed by atoms with Crippen molar-refractivity contribution in [1.29, 1.82) is 0 Å². The Kier molecular flexibility index (Phi) is 5.76. The molecule has 0 aliphatic carbocycles. The van der Waals surface area contributed by atoms with Crippen LogP contribution in [0.25, 0.3) is 11.4 Å². The number of aromatic nitrogens is 2. The van der Waals surface area contributed by atoms with Gasteiger partial charge in [-0.1, -0.05) is 84.0 Å².